The van der Waals surface area contributed by atoms with E-state index in [4.69, 9.17) is 21.4 Å². The van der Waals surface area contributed by atoms with E-state index < -0.39 is 22.1 Å². The van der Waals surface area contributed by atoms with Gasteiger partial charge in [0, 0.05) is 11.4 Å². The van der Waals surface area contributed by atoms with E-state index >= 15 is 0 Å². The summed E-state index contributed by atoms with van der Waals surface area (Å²) >= 11 is 6.42. The van der Waals surface area contributed by atoms with Crippen molar-refractivity contribution in [2.75, 3.05) is 10.8 Å². The van der Waals surface area contributed by atoms with Crippen LogP contribution < -0.4 is 9.04 Å². The number of nitrogens with zero attached hydrogens (tertiary/aromatic N) is 1. The number of aryl methyl sites for hydroxylation is 1. The highest BCUT2D eigenvalue weighted by atomic mass is 35.5. The van der Waals surface area contributed by atoms with Crippen LogP contribution >= 0.6 is 11.6 Å². The number of hydrogen-bond donors (Lipinski definition) is 1. The van der Waals surface area contributed by atoms with Crippen LogP contribution in [0.2, 0.25) is 5.02 Å². The predicted octanol–water partition coefficient (Wildman–Crippen LogP) is 6.42. The van der Waals surface area contributed by atoms with Crippen molar-refractivity contribution < 1.29 is 23.1 Å². The van der Waals surface area contributed by atoms with Crippen molar-refractivity contribution in [1.82, 2.24) is 0 Å². The molecule has 0 saturated heterocycles. The van der Waals surface area contributed by atoms with E-state index in [1.807, 2.05) is 56.3 Å². The zero-order valence-corrected chi connectivity index (χ0v) is 21.7. The summed E-state index contributed by atoms with van der Waals surface area (Å²) in [5, 5.41) is 9.78. The highest BCUT2D eigenvalue weighted by Gasteiger charge is 2.35. The number of sulfonamides is 1. The average molecular weight is 526 g/mol. The molecule has 0 amide bonds. The van der Waals surface area contributed by atoms with Crippen LogP contribution in [0.25, 0.3) is 11.6 Å². The number of fused-ring (bicyclic) bond motifs is 1. The molecule has 4 rings (SSSR count). The van der Waals surface area contributed by atoms with Gasteiger partial charge in [0.15, 0.2) is 0 Å². The third kappa shape index (κ3) is 5.58. The van der Waals surface area contributed by atoms with Crippen molar-refractivity contribution in [1.29, 1.82) is 0 Å². The molecule has 1 atom stereocenters. The first-order chi connectivity index (χ1) is 17.2. The molecule has 188 valence electrons. The number of carbonyl (C=O) groups is 1. The summed E-state index contributed by atoms with van der Waals surface area (Å²) in [4.78, 5) is 11.3. The van der Waals surface area contributed by atoms with Crippen LogP contribution in [0.4, 0.5) is 5.69 Å². The molecule has 1 aliphatic heterocycles. The van der Waals surface area contributed by atoms with Crippen LogP contribution in [-0.4, -0.2) is 32.1 Å². The van der Waals surface area contributed by atoms with Crippen molar-refractivity contribution in [3.8, 4) is 5.75 Å². The minimum absolute atomic E-state index is 0.0227. The van der Waals surface area contributed by atoms with Crippen molar-refractivity contribution in [2.24, 2.45) is 0 Å². The largest absolute Gasteiger partial charge is 0.486 e. The smallest absolute Gasteiger partial charge is 0.303 e. The fraction of sp³-hybridized carbons (Fsp3) is 0.250. The molecule has 0 aliphatic carbocycles. The molecule has 8 heteroatoms. The standard InChI is InChI=1S/C28H28ClNO5S/c1-3-21(24-9-4-5-10-25(24)29)16-20-11-13-27-26(17-20)30(18-22(35-27)12-14-28(31)32)36(33,34)23-8-6-7-19(2)15-23/h4-11,13,15-17,22H,3,12,14,18H2,1-2H3,(H,31,32)/b21-16+/t22-/m0/s1. The number of benzene rings is 3. The van der Waals surface area contributed by atoms with Gasteiger partial charge in [0.1, 0.15) is 11.9 Å². The summed E-state index contributed by atoms with van der Waals surface area (Å²) in [6.07, 6.45) is 2.23. The number of allylic oxidation sites excluding steroid dienone is 1. The maximum Gasteiger partial charge on any atom is 0.303 e. The Morgan fingerprint density at radius 3 is 2.61 bits per heavy atom. The number of halogens is 1. The highest BCUT2D eigenvalue weighted by Crippen LogP contribution is 2.39. The molecular weight excluding hydrogens is 498 g/mol. The van der Waals surface area contributed by atoms with Crippen molar-refractivity contribution in [3.63, 3.8) is 0 Å². The molecule has 3 aromatic rings. The van der Waals surface area contributed by atoms with E-state index in [9.17, 15) is 13.2 Å². The first-order valence-electron chi connectivity index (χ1n) is 11.8. The third-order valence-corrected chi connectivity index (χ3v) is 8.22. The van der Waals surface area contributed by atoms with Gasteiger partial charge in [-0.1, -0.05) is 61.0 Å². The Balaban J connectivity index is 1.79. The number of hydrogen-bond acceptors (Lipinski definition) is 4. The van der Waals surface area contributed by atoms with Crippen LogP contribution in [0, 0.1) is 6.92 Å². The van der Waals surface area contributed by atoms with Gasteiger partial charge in [-0.15, -0.1) is 0 Å². The first kappa shape index (κ1) is 25.8. The highest BCUT2D eigenvalue weighted by molar-refractivity contribution is 7.92. The summed E-state index contributed by atoms with van der Waals surface area (Å²) in [7, 11) is -3.91. The summed E-state index contributed by atoms with van der Waals surface area (Å²) in [6.45, 7) is 3.90. The Kier molecular flexibility index (Phi) is 7.71. The molecule has 0 bridgehead atoms. The van der Waals surface area contributed by atoms with Crippen molar-refractivity contribution in [3.05, 3.63) is 88.4 Å². The minimum atomic E-state index is -3.91. The molecule has 0 saturated carbocycles. The second-order valence-corrected chi connectivity index (χ2v) is 11.0. The number of carboxylic acids is 1. The first-order valence-corrected chi connectivity index (χ1v) is 13.6. The lowest BCUT2D eigenvalue weighted by Gasteiger charge is -2.35. The molecule has 36 heavy (non-hydrogen) atoms. The number of carboxylic acid groups (broad SMARTS) is 1. The van der Waals surface area contributed by atoms with Gasteiger partial charge < -0.3 is 9.84 Å². The lowest BCUT2D eigenvalue weighted by Crippen LogP contribution is -2.43. The average Bonchev–Trinajstić information content (AvgIpc) is 2.86. The molecule has 0 unspecified atom stereocenters. The molecule has 0 spiro atoms. The molecule has 6 nitrogen and oxygen atoms in total. The quantitative estimate of drug-likeness (QED) is 0.343. The fourth-order valence-electron chi connectivity index (χ4n) is 4.28. The Labute approximate surface area is 216 Å². The topological polar surface area (TPSA) is 83.9 Å². The molecule has 0 fully saturated rings. The van der Waals surface area contributed by atoms with E-state index in [1.165, 1.54) is 4.31 Å². The molecule has 3 aromatic carbocycles. The van der Waals surface area contributed by atoms with Gasteiger partial charge in [0.25, 0.3) is 10.0 Å². The molecule has 0 radical (unpaired) electrons. The Morgan fingerprint density at radius 1 is 1.14 bits per heavy atom. The third-order valence-electron chi connectivity index (χ3n) is 6.11. The van der Waals surface area contributed by atoms with Gasteiger partial charge in [0.05, 0.1) is 17.1 Å². The Bertz CT molecular complexity index is 1420. The lowest BCUT2D eigenvalue weighted by molar-refractivity contribution is -0.137. The summed E-state index contributed by atoms with van der Waals surface area (Å²) < 4.78 is 34.9. The molecule has 1 heterocycles. The zero-order chi connectivity index (χ0) is 25.9. The SMILES string of the molecule is CC/C(=C\c1ccc2c(c1)N(S(=O)(=O)c1cccc(C)c1)C[C@H](CCC(=O)O)O2)c1ccccc1Cl. The van der Waals surface area contributed by atoms with Crippen LogP contribution in [0.15, 0.2) is 71.6 Å². The number of aliphatic carboxylic acids is 1. The molecule has 1 N–H and O–H groups in total. The molecule has 1 aliphatic rings. The molecular formula is C28H28ClNO5S. The van der Waals surface area contributed by atoms with Crippen LogP contribution in [0.5, 0.6) is 5.75 Å². The lowest BCUT2D eigenvalue weighted by atomic mass is 10.00. The number of rotatable bonds is 8. The Hall–Kier alpha value is -3.29. The van der Waals surface area contributed by atoms with Crippen molar-refractivity contribution >= 4 is 44.9 Å². The minimum Gasteiger partial charge on any atom is -0.486 e. The molecule has 0 aromatic heterocycles. The number of ether oxygens (including phenoxy) is 1. The zero-order valence-electron chi connectivity index (χ0n) is 20.1. The maximum absolute atomic E-state index is 13.8. The van der Waals surface area contributed by atoms with E-state index in [1.54, 1.807) is 30.3 Å². The van der Waals surface area contributed by atoms with Gasteiger partial charge in [-0.25, -0.2) is 8.42 Å². The van der Waals surface area contributed by atoms with Gasteiger partial charge in [-0.2, -0.15) is 0 Å². The maximum atomic E-state index is 13.8. The monoisotopic (exact) mass is 525 g/mol. The van der Waals surface area contributed by atoms with Gasteiger partial charge >= 0.3 is 5.97 Å². The van der Waals surface area contributed by atoms with Gasteiger partial charge in [-0.05, 0) is 72.4 Å². The van der Waals surface area contributed by atoms with Gasteiger partial charge in [-0.3, -0.25) is 9.10 Å². The van der Waals surface area contributed by atoms with Crippen LogP contribution in [0.3, 0.4) is 0 Å². The van der Waals surface area contributed by atoms with Gasteiger partial charge in [0.2, 0.25) is 0 Å². The fourth-order valence-corrected chi connectivity index (χ4v) is 6.14. The second-order valence-electron chi connectivity index (χ2n) is 8.76. The van der Waals surface area contributed by atoms with E-state index in [2.05, 4.69) is 0 Å². The normalized spacial score (nSPS) is 15.8. The summed E-state index contributed by atoms with van der Waals surface area (Å²) in [5.74, 6) is -0.551. The van der Waals surface area contributed by atoms with E-state index in [-0.39, 0.29) is 24.3 Å². The predicted molar refractivity (Wildman–Crippen MR) is 143 cm³/mol. The summed E-state index contributed by atoms with van der Waals surface area (Å²) in [5.41, 5.74) is 4.00. The number of anilines is 1. The van der Waals surface area contributed by atoms with Crippen LogP contribution in [0.1, 0.15) is 42.9 Å². The van der Waals surface area contributed by atoms with E-state index in [0.29, 0.717) is 16.5 Å². The van der Waals surface area contributed by atoms with Crippen molar-refractivity contribution in [2.45, 2.75) is 44.1 Å². The van der Waals surface area contributed by atoms with Crippen LogP contribution in [-0.2, 0) is 14.8 Å². The van der Waals surface area contributed by atoms with E-state index in [0.717, 1.165) is 28.7 Å². The summed E-state index contributed by atoms with van der Waals surface area (Å²) in [6, 6.07) is 19.8. The second kappa shape index (κ2) is 10.8. The Morgan fingerprint density at radius 2 is 1.92 bits per heavy atom.